The molecule has 0 saturated carbocycles. The number of nitrogens with two attached hydrogens (primary N) is 1. The van der Waals surface area contributed by atoms with Gasteiger partial charge >= 0.3 is 6.18 Å². The number of hydrogen-bond donors (Lipinski definition) is 1. The maximum absolute atomic E-state index is 13.3. The zero-order chi connectivity index (χ0) is 14.9. The first-order chi connectivity index (χ1) is 9.27. The molecule has 0 aliphatic heterocycles. The Labute approximate surface area is 109 Å². The second-order valence-electron chi connectivity index (χ2n) is 3.60. The molecule has 20 heavy (non-hydrogen) atoms. The Morgan fingerprint density at radius 1 is 1.10 bits per heavy atom. The molecule has 0 saturated heterocycles. The van der Waals surface area contributed by atoms with Crippen LogP contribution in [-0.4, -0.2) is 9.97 Å². The molecule has 1 aromatic heterocycles. The molecular weight excluding hydrogens is 285 g/mol. The lowest BCUT2D eigenvalue weighted by molar-refractivity contribution is -0.141. The molecule has 2 rings (SSSR count). The molecule has 0 aliphatic carbocycles. The van der Waals surface area contributed by atoms with Crippen LogP contribution < -0.4 is 10.5 Å². The van der Waals surface area contributed by atoms with Crippen molar-refractivity contribution in [2.24, 2.45) is 0 Å². The highest BCUT2D eigenvalue weighted by atomic mass is 19.4. The Balaban J connectivity index is 2.39. The van der Waals surface area contributed by atoms with E-state index in [0.29, 0.717) is 6.07 Å². The van der Waals surface area contributed by atoms with Crippen LogP contribution in [0.5, 0.6) is 11.6 Å². The largest absolute Gasteiger partial charge is 0.436 e. The van der Waals surface area contributed by atoms with E-state index in [2.05, 4.69) is 9.97 Å². The minimum absolute atomic E-state index is 0.431. The van der Waals surface area contributed by atoms with E-state index in [4.69, 9.17) is 10.5 Å². The molecule has 0 radical (unpaired) electrons. The van der Waals surface area contributed by atoms with Crippen molar-refractivity contribution in [2.45, 2.75) is 6.18 Å². The molecule has 1 aromatic carbocycles. The fourth-order valence-electron chi connectivity index (χ4n) is 1.32. The summed E-state index contributed by atoms with van der Waals surface area (Å²) in [6.07, 6.45) is -4.77. The number of halogens is 5. The normalized spacial score (nSPS) is 11.4. The first-order valence-corrected chi connectivity index (χ1v) is 5.11. The van der Waals surface area contributed by atoms with Crippen molar-refractivity contribution < 1.29 is 26.7 Å². The standard InChI is InChI=1S/C11H6F5N3O/c12-5-2-1-3-6(9(5)13)20-8-4-7(11(14,15)16)18-10(17)19-8/h1-4H,(H2,17,18,19). The van der Waals surface area contributed by atoms with Crippen LogP contribution in [0.2, 0.25) is 0 Å². The first kappa shape index (κ1) is 14.0. The van der Waals surface area contributed by atoms with Gasteiger partial charge in [-0.15, -0.1) is 0 Å². The highest BCUT2D eigenvalue weighted by Crippen LogP contribution is 2.31. The minimum Gasteiger partial charge on any atom is -0.436 e. The van der Waals surface area contributed by atoms with Gasteiger partial charge in [0, 0.05) is 6.07 Å². The summed E-state index contributed by atoms with van der Waals surface area (Å²) in [4.78, 5) is 6.35. The van der Waals surface area contributed by atoms with Gasteiger partial charge in [-0.25, -0.2) is 9.37 Å². The summed E-state index contributed by atoms with van der Waals surface area (Å²) in [7, 11) is 0. The fraction of sp³-hybridized carbons (Fsp3) is 0.0909. The van der Waals surface area contributed by atoms with E-state index in [1.807, 2.05) is 0 Å². The number of aromatic nitrogens is 2. The molecule has 4 nitrogen and oxygen atoms in total. The second kappa shape index (κ2) is 4.91. The molecule has 106 valence electrons. The summed E-state index contributed by atoms with van der Waals surface area (Å²) >= 11 is 0. The first-order valence-electron chi connectivity index (χ1n) is 5.11. The number of hydrogen-bond acceptors (Lipinski definition) is 4. The van der Waals surface area contributed by atoms with Crippen molar-refractivity contribution >= 4 is 5.95 Å². The van der Waals surface area contributed by atoms with Crippen molar-refractivity contribution in [3.63, 3.8) is 0 Å². The lowest BCUT2D eigenvalue weighted by Gasteiger charge is -2.10. The van der Waals surface area contributed by atoms with Gasteiger partial charge in [-0.05, 0) is 12.1 Å². The SMILES string of the molecule is Nc1nc(Oc2cccc(F)c2F)cc(C(F)(F)F)n1. The third kappa shape index (κ3) is 2.92. The van der Waals surface area contributed by atoms with Crippen molar-refractivity contribution in [2.75, 3.05) is 5.73 Å². The van der Waals surface area contributed by atoms with Crippen LogP contribution in [0.15, 0.2) is 24.3 Å². The molecule has 1 heterocycles. The Morgan fingerprint density at radius 3 is 2.45 bits per heavy atom. The predicted octanol–water partition coefficient (Wildman–Crippen LogP) is 3.15. The smallest absolute Gasteiger partial charge is 0.433 e. The van der Waals surface area contributed by atoms with Crippen LogP contribution in [0.4, 0.5) is 27.9 Å². The average Bonchev–Trinajstić information content (AvgIpc) is 2.33. The van der Waals surface area contributed by atoms with Crippen LogP contribution in [0.1, 0.15) is 5.69 Å². The van der Waals surface area contributed by atoms with Gasteiger partial charge in [0.1, 0.15) is 0 Å². The Morgan fingerprint density at radius 2 is 1.80 bits per heavy atom. The molecule has 0 bridgehead atoms. The molecule has 2 N–H and O–H groups in total. The van der Waals surface area contributed by atoms with E-state index in [9.17, 15) is 22.0 Å². The maximum atomic E-state index is 13.3. The van der Waals surface area contributed by atoms with Crippen molar-refractivity contribution in [3.05, 3.63) is 41.6 Å². The average molecular weight is 291 g/mol. The van der Waals surface area contributed by atoms with Crippen LogP contribution in [-0.2, 0) is 6.18 Å². The van der Waals surface area contributed by atoms with Crippen LogP contribution in [0.25, 0.3) is 0 Å². The van der Waals surface area contributed by atoms with Crippen molar-refractivity contribution in [1.82, 2.24) is 9.97 Å². The summed E-state index contributed by atoms with van der Waals surface area (Å²) in [6, 6.07) is 3.42. The number of anilines is 1. The number of benzene rings is 1. The number of ether oxygens (including phenoxy) is 1. The molecule has 2 aromatic rings. The summed E-state index contributed by atoms with van der Waals surface area (Å²) in [5.74, 6) is -4.52. The van der Waals surface area contributed by atoms with Gasteiger partial charge in [0.2, 0.25) is 17.6 Å². The van der Waals surface area contributed by atoms with Gasteiger partial charge in [-0.1, -0.05) is 6.07 Å². The summed E-state index contributed by atoms with van der Waals surface area (Å²) in [6.45, 7) is 0. The quantitative estimate of drug-likeness (QED) is 0.863. The van der Waals surface area contributed by atoms with E-state index in [1.165, 1.54) is 0 Å². The number of alkyl halides is 3. The van der Waals surface area contributed by atoms with E-state index in [-0.39, 0.29) is 0 Å². The summed E-state index contributed by atoms with van der Waals surface area (Å²) in [5, 5.41) is 0. The van der Waals surface area contributed by atoms with Gasteiger partial charge in [-0.2, -0.15) is 22.5 Å². The van der Waals surface area contributed by atoms with Gasteiger partial charge in [-0.3, -0.25) is 0 Å². The van der Waals surface area contributed by atoms with Gasteiger partial charge in [0.15, 0.2) is 17.3 Å². The van der Waals surface area contributed by atoms with Crippen LogP contribution in [0.3, 0.4) is 0 Å². The zero-order valence-corrected chi connectivity index (χ0v) is 9.58. The molecule has 9 heteroatoms. The Hall–Kier alpha value is -2.45. The van der Waals surface area contributed by atoms with Gasteiger partial charge < -0.3 is 10.5 Å². The molecule has 0 amide bonds. The van der Waals surface area contributed by atoms with Crippen molar-refractivity contribution in [3.8, 4) is 11.6 Å². The maximum Gasteiger partial charge on any atom is 0.433 e. The second-order valence-corrected chi connectivity index (χ2v) is 3.60. The third-order valence-electron chi connectivity index (χ3n) is 2.14. The molecule has 0 fully saturated rings. The minimum atomic E-state index is -4.77. The van der Waals surface area contributed by atoms with Crippen molar-refractivity contribution in [1.29, 1.82) is 0 Å². The fourth-order valence-corrected chi connectivity index (χ4v) is 1.32. The number of nitrogen functional groups attached to an aromatic ring is 1. The van der Waals surface area contributed by atoms with E-state index >= 15 is 0 Å². The Kier molecular flexibility index (Phi) is 3.43. The topological polar surface area (TPSA) is 61.0 Å². The lowest BCUT2D eigenvalue weighted by atomic mass is 10.3. The molecule has 0 unspecified atom stereocenters. The highest BCUT2D eigenvalue weighted by molar-refractivity contribution is 5.33. The predicted molar refractivity (Wildman–Crippen MR) is 57.9 cm³/mol. The highest BCUT2D eigenvalue weighted by Gasteiger charge is 2.34. The number of rotatable bonds is 2. The van der Waals surface area contributed by atoms with E-state index in [0.717, 1.165) is 18.2 Å². The van der Waals surface area contributed by atoms with Gasteiger partial charge in [0.25, 0.3) is 0 Å². The zero-order valence-electron chi connectivity index (χ0n) is 9.58. The van der Waals surface area contributed by atoms with E-state index in [1.54, 1.807) is 0 Å². The third-order valence-corrected chi connectivity index (χ3v) is 2.14. The number of nitrogens with zero attached hydrogens (tertiary/aromatic N) is 2. The summed E-state index contributed by atoms with van der Waals surface area (Å²) in [5.41, 5.74) is 3.76. The molecule has 0 atom stereocenters. The molecule has 0 aliphatic rings. The molecule has 0 spiro atoms. The van der Waals surface area contributed by atoms with Crippen LogP contribution >= 0.6 is 0 Å². The molecular formula is C11H6F5N3O. The summed E-state index contributed by atoms with van der Waals surface area (Å²) < 4.78 is 68.5. The lowest BCUT2D eigenvalue weighted by Crippen LogP contribution is -2.11. The van der Waals surface area contributed by atoms with Crippen LogP contribution in [0, 0.1) is 11.6 Å². The Bertz CT molecular complexity index is 644. The van der Waals surface area contributed by atoms with Gasteiger partial charge in [0.05, 0.1) is 0 Å². The monoisotopic (exact) mass is 291 g/mol. The van der Waals surface area contributed by atoms with E-state index < -0.39 is 41.1 Å².